The lowest BCUT2D eigenvalue weighted by atomic mass is 9.79. The Hall–Kier alpha value is -1.10. The second-order valence-electron chi connectivity index (χ2n) is 8.26. The first-order valence-corrected chi connectivity index (χ1v) is 10.2. The van der Waals surface area contributed by atoms with Gasteiger partial charge >= 0.3 is 6.03 Å². The zero-order valence-corrected chi connectivity index (χ0v) is 19.6. The fraction of sp³-hybridized carbons (Fsp3) is 0.842. The Morgan fingerprint density at radius 2 is 1.89 bits per heavy atom. The van der Waals surface area contributed by atoms with E-state index in [-0.39, 0.29) is 41.8 Å². The van der Waals surface area contributed by atoms with Crippen LogP contribution in [0.5, 0.6) is 0 Å². The van der Waals surface area contributed by atoms with Crippen molar-refractivity contribution < 1.29 is 9.59 Å². The SMILES string of the molecule is CN=C(NCCN(C)C1CCCC1)N1CCC(C2(C)NC(=O)NC2=O)CC1.I. The van der Waals surface area contributed by atoms with Crippen LogP contribution >= 0.6 is 24.0 Å². The van der Waals surface area contributed by atoms with Gasteiger partial charge < -0.3 is 20.4 Å². The lowest BCUT2D eigenvalue weighted by Gasteiger charge is -2.39. The van der Waals surface area contributed by atoms with Crippen LogP contribution in [0.25, 0.3) is 0 Å². The minimum Gasteiger partial charge on any atom is -0.355 e. The lowest BCUT2D eigenvalue weighted by molar-refractivity contribution is -0.125. The summed E-state index contributed by atoms with van der Waals surface area (Å²) in [6.45, 7) is 5.41. The van der Waals surface area contributed by atoms with Gasteiger partial charge in [0.2, 0.25) is 0 Å². The van der Waals surface area contributed by atoms with Crippen molar-refractivity contribution in [2.24, 2.45) is 10.9 Å². The minimum atomic E-state index is -0.788. The molecule has 8 nitrogen and oxygen atoms in total. The zero-order chi connectivity index (χ0) is 19.4. The number of halogens is 1. The summed E-state index contributed by atoms with van der Waals surface area (Å²) < 4.78 is 0. The number of likely N-dealkylation sites (tertiary alicyclic amines) is 1. The van der Waals surface area contributed by atoms with Crippen LogP contribution in [0, 0.1) is 5.92 Å². The highest BCUT2D eigenvalue weighted by Gasteiger charge is 2.48. The van der Waals surface area contributed by atoms with E-state index in [9.17, 15) is 9.59 Å². The summed E-state index contributed by atoms with van der Waals surface area (Å²) in [6, 6.07) is 0.354. The van der Waals surface area contributed by atoms with Gasteiger partial charge in [0.25, 0.3) is 5.91 Å². The van der Waals surface area contributed by atoms with Crippen LogP contribution in [0.2, 0.25) is 0 Å². The predicted octanol–water partition coefficient (Wildman–Crippen LogP) is 1.36. The highest BCUT2D eigenvalue weighted by molar-refractivity contribution is 14.0. The lowest BCUT2D eigenvalue weighted by Crippen LogP contribution is -2.55. The molecule has 0 aromatic carbocycles. The first kappa shape index (κ1) is 23.2. The topological polar surface area (TPSA) is 89.1 Å². The third-order valence-corrected chi connectivity index (χ3v) is 6.59. The second-order valence-corrected chi connectivity index (χ2v) is 8.26. The van der Waals surface area contributed by atoms with Crippen molar-refractivity contribution in [1.29, 1.82) is 0 Å². The van der Waals surface area contributed by atoms with Crippen LogP contribution in [0.15, 0.2) is 4.99 Å². The molecule has 3 N–H and O–H groups in total. The summed E-state index contributed by atoms with van der Waals surface area (Å²) >= 11 is 0. The Labute approximate surface area is 185 Å². The third-order valence-electron chi connectivity index (χ3n) is 6.59. The molecular formula is C19H35IN6O2. The van der Waals surface area contributed by atoms with E-state index in [1.54, 1.807) is 0 Å². The van der Waals surface area contributed by atoms with E-state index in [1.165, 1.54) is 25.7 Å². The average molecular weight is 506 g/mol. The highest BCUT2D eigenvalue weighted by Crippen LogP contribution is 2.30. The van der Waals surface area contributed by atoms with Crippen LogP contribution in [-0.4, -0.2) is 79.6 Å². The molecule has 3 rings (SSSR count). The van der Waals surface area contributed by atoms with Gasteiger partial charge in [0.15, 0.2) is 5.96 Å². The summed E-state index contributed by atoms with van der Waals surface area (Å²) in [7, 11) is 4.04. The Morgan fingerprint density at radius 1 is 1.25 bits per heavy atom. The molecule has 2 heterocycles. The van der Waals surface area contributed by atoms with Gasteiger partial charge in [-0.1, -0.05) is 12.8 Å². The number of likely N-dealkylation sites (N-methyl/N-ethyl adjacent to an activating group) is 1. The molecule has 9 heteroatoms. The standard InChI is InChI=1S/C19H34N6O2.HI/c1-19(16(26)22-18(27)23-19)14-8-11-25(12-9-14)17(20-2)21-10-13-24(3)15-6-4-5-7-15;/h14-15H,4-13H2,1-3H3,(H,20,21)(H2,22,23,26,27);1H. The molecule has 160 valence electrons. The van der Waals surface area contributed by atoms with Gasteiger partial charge in [0, 0.05) is 39.3 Å². The average Bonchev–Trinajstić information content (AvgIpc) is 3.28. The number of piperidine rings is 1. The number of hydrogen-bond donors (Lipinski definition) is 3. The summed E-state index contributed by atoms with van der Waals surface area (Å²) in [6.07, 6.45) is 7.07. The molecule has 0 bridgehead atoms. The molecule has 3 aliphatic rings. The van der Waals surface area contributed by atoms with Gasteiger partial charge in [-0.25, -0.2) is 4.79 Å². The maximum atomic E-state index is 12.1. The van der Waals surface area contributed by atoms with Crippen molar-refractivity contribution in [3.05, 3.63) is 0 Å². The number of hydrogen-bond acceptors (Lipinski definition) is 4. The van der Waals surface area contributed by atoms with Crippen LogP contribution in [0.1, 0.15) is 45.4 Å². The molecule has 1 aliphatic carbocycles. The molecule has 1 saturated carbocycles. The monoisotopic (exact) mass is 506 g/mol. The summed E-state index contributed by atoms with van der Waals surface area (Å²) in [5, 5.41) is 8.67. The van der Waals surface area contributed by atoms with E-state index in [4.69, 9.17) is 0 Å². The third kappa shape index (κ3) is 5.08. The molecule has 1 atom stereocenters. The van der Waals surface area contributed by atoms with E-state index >= 15 is 0 Å². The maximum absolute atomic E-state index is 12.1. The van der Waals surface area contributed by atoms with Crippen molar-refractivity contribution in [1.82, 2.24) is 25.8 Å². The number of imide groups is 1. The molecule has 3 amide bonds. The molecule has 0 spiro atoms. The number of rotatable bonds is 5. The Kier molecular flexibility index (Phi) is 8.35. The fourth-order valence-electron chi connectivity index (χ4n) is 4.72. The van der Waals surface area contributed by atoms with Gasteiger partial charge in [-0.15, -0.1) is 24.0 Å². The predicted molar refractivity (Wildman–Crippen MR) is 121 cm³/mol. The first-order chi connectivity index (χ1) is 12.9. The Morgan fingerprint density at radius 3 is 2.43 bits per heavy atom. The largest absolute Gasteiger partial charge is 0.355 e. The number of carbonyl (C=O) groups excluding carboxylic acids is 2. The van der Waals surface area contributed by atoms with Gasteiger partial charge in [-0.05, 0) is 45.6 Å². The highest BCUT2D eigenvalue weighted by atomic mass is 127. The smallest absolute Gasteiger partial charge is 0.322 e. The molecule has 2 saturated heterocycles. The molecule has 3 fully saturated rings. The summed E-state index contributed by atoms with van der Waals surface area (Å²) in [5.74, 6) is 0.869. The number of nitrogens with one attached hydrogen (secondary N) is 3. The van der Waals surface area contributed by atoms with E-state index in [0.717, 1.165) is 51.0 Å². The molecule has 1 unspecified atom stereocenters. The Bertz CT molecular complexity index is 587. The van der Waals surface area contributed by atoms with Gasteiger partial charge in [0.05, 0.1) is 0 Å². The number of aliphatic imine (C=N–C) groups is 1. The second kappa shape index (κ2) is 10.1. The van der Waals surface area contributed by atoms with Gasteiger partial charge in [-0.2, -0.15) is 0 Å². The number of guanidine groups is 1. The van der Waals surface area contributed by atoms with Crippen molar-refractivity contribution in [2.45, 2.75) is 57.0 Å². The maximum Gasteiger partial charge on any atom is 0.322 e. The minimum absolute atomic E-state index is 0. The van der Waals surface area contributed by atoms with Crippen molar-refractivity contribution >= 4 is 41.9 Å². The van der Waals surface area contributed by atoms with Crippen LogP contribution in [-0.2, 0) is 4.79 Å². The van der Waals surface area contributed by atoms with Gasteiger partial charge in [0.1, 0.15) is 5.54 Å². The number of nitrogens with zero attached hydrogens (tertiary/aromatic N) is 3. The molecule has 0 radical (unpaired) electrons. The van der Waals surface area contributed by atoms with E-state index < -0.39 is 5.54 Å². The number of carbonyl (C=O) groups is 2. The van der Waals surface area contributed by atoms with E-state index in [2.05, 4.69) is 37.8 Å². The Balaban J connectivity index is 0.00000280. The fourth-order valence-corrected chi connectivity index (χ4v) is 4.72. The summed E-state index contributed by atoms with van der Waals surface area (Å²) in [4.78, 5) is 32.8. The molecule has 0 aromatic heterocycles. The quantitative estimate of drug-likeness (QED) is 0.227. The molecule has 0 aromatic rings. The molecule has 2 aliphatic heterocycles. The summed E-state index contributed by atoms with van der Waals surface area (Å²) in [5.41, 5.74) is -0.788. The van der Waals surface area contributed by atoms with Crippen LogP contribution in [0.3, 0.4) is 0 Å². The van der Waals surface area contributed by atoms with Crippen molar-refractivity contribution in [3.63, 3.8) is 0 Å². The van der Waals surface area contributed by atoms with E-state index in [1.807, 2.05) is 14.0 Å². The normalized spacial score (nSPS) is 27.0. The number of amides is 3. The van der Waals surface area contributed by atoms with Crippen molar-refractivity contribution in [3.8, 4) is 0 Å². The molecular weight excluding hydrogens is 471 g/mol. The van der Waals surface area contributed by atoms with Crippen LogP contribution < -0.4 is 16.0 Å². The van der Waals surface area contributed by atoms with Crippen LogP contribution in [0.4, 0.5) is 4.79 Å². The van der Waals surface area contributed by atoms with Crippen molar-refractivity contribution in [2.75, 3.05) is 40.3 Å². The van der Waals surface area contributed by atoms with Gasteiger partial charge in [-0.3, -0.25) is 15.1 Å². The molecule has 28 heavy (non-hydrogen) atoms. The zero-order valence-electron chi connectivity index (χ0n) is 17.3. The number of urea groups is 1. The first-order valence-electron chi connectivity index (χ1n) is 10.2. The van der Waals surface area contributed by atoms with E-state index in [0.29, 0.717) is 0 Å².